The third-order valence-corrected chi connectivity index (χ3v) is 18.4. The Balaban J connectivity index is 1.90. The van der Waals surface area contributed by atoms with E-state index in [9.17, 15) is 82.8 Å². The second-order valence-corrected chi connectivity index (χ2v) is 27.8. The summed E-state index contributed by atoms with van der Waals surface area (Å²) in [4.78, 5) is 186. The number of carboxylic acids is 4. The zero-order valence-electron chi connectivity index (χ0n) is 63.7. The van der Waals surface area contributed by atoms with E-state index in [2.05, 4.69) is 61.7 Å². The summed E-state index contributed by atoms with van der Waals surface area (Å²) in [5, 5.41) is 73.0. The van der Waals surface area contributed by atoms with Gasteiger partial charge in [0.1, 0.15) is 54.6 Å². The normalized spacial score (nSPS) is 12.9. The van der Waals surface area contributed by atoms with Crippen LogP contribution in [0.3, 0.4) is 0 Å². The molecule has 0 saturated heterocycles. The zero-order chi connectivity index (χ0) is 80.0. The summed E-state index contributed by atoms with van der Waals surface area (Å²) in [6.45, 7) is 2.89. The van der Waals surface area contributed by atoms with Crippen LogP contribution in [0.4, 0.5) is 0 Å². The fourth-order valence-electron chi connectivity index (χ4n) is 12.2. The Kier molecular flexibility index (Phi) is 48.2. The number of phenolic OH excluding ortho intramolecular Hbond substituents is 1. The Bertz CT molecular complexity index is 3270. The van der Waals surface area contributed by atoms with Crippen molar-refractivity contribution in [1.82, 2.24) is 53.2 Å². The minimum absolute atomic E-state index is 0.0554. The van der Waals surface area contributed by atoms with Crippen LogP contribution >= 0.6 is 0 Å². The van der Waals surface area contributed by atoms with Gasteiger partial charge in [0.2, 0.25) is 59.1 Å². The number of hydrogen-bond donors (Lipinski definition) is 15. The molecule has 0 aromatic heterocycles. The van der Waals surface area contributed by atoms with Crippen LogP contribution in [0, 0.1) is 0 Å². The summed E-state index contributed by atoms with van der Waals surface area (Å²) in [6, 6.07) is 12.1. The van der Waals surface area contributed by atoms with Gasteiger partial charge in [-0.25, -0.2) is 0 Å². The number of carboxylic acid groups (broad SMARTS) is 4. The maximum Gasteiger partial charge on any atom is 0.322 e. The summed E-state index contributed by atoms with van der Waals surface area (Å²) in [6.07, 6.45) is 21.7. The first-order valence-corrected chi connectivity index (χ1v) is 39.0. The Morgan fingerprint density at radius 2 is 0.587 bits per heavy atom. The third-order valence-electron chi connectivity index (χ3n) is 18.4. The average molecular weight is 1530 g/mol. The lowest BCUT2D eigenvalue weighted by molar-refractivity contribution is -0.141. The van der Waals surface area contributed by atoms with E-state index in [0.29, 0.717) is 48.9 Å². The maximum absolute atomic E-state index is 15.0. The number of carbonyl (C=O) groups excluding carboxylic acids is 10. The van der Waals surface area contributed by atoms with E-state index in [-0.39, 0.29) is 49.7 Å². The molecule has 604 valence electrons. The van der Waals surface area contributed by atoms with Crippen LogP contribution in [-0.2, 0) is 86.4 Å². The number of carbonyl (C=O) groups is 14. The molecule has 0 fully saturated rings. The van der Waals surface area contributed by atoms with Crippen molar-refractivity contribution in [2.75, 3.05) is 19.6 Å². The van der Waals surface area contributed by atoms with Gasteiger partial charge in [-0.05, 0) is 80.2 Å². The first kappa shape index (κ1) is 93.2. The number of aliphatic carboxylic acids is 4. The predicted octanol–water partition coefficient (Wildman–Crippen LogP) is 7.41. The molecule has 0 bridgehead atoms. The molecule has 0 unspecified atom stereocenters. The molecule has 7 atom stereocenters. The molecule has 109 heavy (non-hydrogen) atoms. The van der Waals surface area contributed by atoms with Gasteiger partial charge in [-0.1, -0.05) is 215 Å². The van der Waals surface area contributed by atoms with E-state index in [4.69, 9.17) is 5.11 Å². The second kappa shape index (κ2) is 56.3. The summed E-state index contributed by atoms with van der Waals surface area (Å²) >= 11 is 0. The van der Waals surface area contributed by atoms with Crippen molar-refractivity contribution in [2.24, 2.45) is 0 Å². The first-order chi connectivity index (χ1) is 52.4. The van der Waals surface area contributed by atoms with Gasteiger partial charge in [0.05, 0.1) is 6.54 Å². The highest BCUT2D eigenvalue weighted by Gasteiger charge is 2.35. The largest absolute Gasteiger partial charge is 0.508 e. The lowest BCUT2D eigenvalue weighted by Crippen LogP contribution is -2.59. The average Bonchev–Trinajstić information content (AvgIpc) is 0.871. The molecule has 10 amide bonds. The van der Waals surface area contributed by atoms with E-state index in [0.717, 1.165) is 51.4 Å². The van der Waals surface area contributed by atoms with E-state index in [1.807, 2.05) is 5.32 Å². The van der Waals surface area contributed by atoms with Crippen molar-refractivity contribution >= 4 is 82.9 Å². The van der Waals surface area contributed by atoms with Crippen LogP contribution in [0.25, 0.3) is 0 Å². The summed E-state index contributed by atoms with van der Waals surface area (Å²) in [5.41, 5.74) is 1.57. The molecule has 0 spiro atoms. The van der Waals surface area contributed by atoms with Crippen LogP contribution in [0.1, 0.15) is 242 Å². The number of phenols is 1. The first-order valence-electron chi connectivity index (χ1n) is 39.0. The van der Waals surface area contributed by atoms with Gasteiger partial charge < -0.3 is 78.7 Å². The van der Waals surface area contributed by atoms with Crippen molar-refractivity contribution in [2.45, 2.75) is 287 Å². The molecule has 15 N–H and O–H groups in total. The predicted molar refractivity (Wildman–Crippen MR) is 409 cm³/mol. The number of amides is 10. The van der Waals surface area contributed by atoms with Crippen LogP contribution in [-0.4, -0.2) is 170 Å². The highest BCUT2D eigenvalue weighted by molar-refractivity contribution is 5.98. The minimum atomic E-state index is -1.83. The topological polar surface area (TPSA) is 460 Å². The number of benzene rings is 3. The van der Waals surface area contributed by atoms with Gasteiger partial charge in [-0.3, -0.25) is 67.1 Å². The summed E-state index contributed by atoms with van der Waals surface area (Å²) in [7, 11) is 0. The van der Waals surface area contributed by atoms with Crippen LogP contribution in [0.15, 0.2) is 84.9 Å². The Labute approximate surface area is 640 Å². The molecule has 3 aromatic rings. The molecule has 0 aliphatic rings. The van der Waals surface area contributed by atoms with Crippen LogP contribution < -0.4 is 53.2 Å². The van der Waals surface area contributed by atoms with Crippen molar-refractivity contribution in [1.29, 1.82) is 0 Å². The van der Waals surface area contributed by atoms with E-state index in [1.165, 1.54) is 108 Å². The molecular formula is C80H120N10O19. The highest BCUT2D eigenvalue weighted by atomic mass is 16.4. The molecule has 0 aliphatic carbocycles. The number of rotatable bonds is 62. The Morgan fingerprint density at radius 3 is 0.991 bits per heavy atom. The summed E-state index contributed by atoms with van der Waals surface area (Å²) < 4.78 is 0. The molecular weight excluding hydrogens is 1400 g/mol. The SMILES string of the molecule is CCCCCCCCCCCCCC(=O)NCCCC[C@H](NC(=O)CCCCCCCCCCCCC)C(=O)N[C@@H](Cc1ccccc1)C(=O)N[C@@H](Cc1ccccc1)C(=O)N[C@@H](Cc1ccc(O)cc1)C(=O)NCC(=O)N[C@@H](CCC(=O)O)C(=O)N[C@@H](CCC(=O)O)C(=O)N[C@@H](CCC(=O)O)C(=O)NCC(=O)O. The van der Waals surface area contributed by atoms with E-state index < -0.39 is 165 Å². The van der Waals surface area contributed by atoms with E-state index >= 15 is 4.79 Å². The lowest BCUT2D eigenvalue weighted by atomic mass is 10.0. The quantitative estimate of drug-likeness (QED) is 0.0244. The molecule has 29 nitrogen and oxygen atoms in total. The van der Waals surface area contributed by atoms with Crippen molar-refractivity contribution < 1.29 is 92.7 Å². The fraction of sp³-hybridized carbons (Fsp3) is 0.600. The summed E-state index contributed by atoms with van der Waals surface area (Å²) in [5.74, 6) is -14.4. The molecule has 3 rings (SSSR count). The van der Waals surface area contributed by atoms with Gasteiger partial charge in [-0.15, -0.1) is 0 Å². The standard InChI is InChI=1S/C80H120N10O19/c1-3-5-7-9-11-13-15-17-19-21-29-38-67(92)81-50-32-31-37-60(84-68(93)39-30-22-20-18-16-14-12-10-8-6-4-2)76(105)89-65(51-56-33-25-23-26-34-56)80(109)90-66(52-57-35-27-24-28-36-57)79(108)88-64(53-58-40-42-59(91)43-41-58)75(104)82-54-69(94)85-62(45-48-71(97)98)77(106)87-63(46-49-72(99)100)78(107)86-61(44-47-70(95)96)74(103)83-55-73(101)102/h23-28,33-36,40-43,60-66,91H,3-22,29-32,37-39,44-55H2,1-2H3,(H,81,92)(H,82,104)(H,83,103)(H,84,93)(H,85,94)(H,86,107)(H,87,106)(H,88,108)(H,89,105)(H,90,109)(H,95,96)(H,97,98)(H,99,100)(H,101,102)/t60-,61-,62-,63-,64-,65-,66-/m0/s1. The molecule has 29 heteroatoms. The maximum atomic E-state index is 15.0. The van der Waals surface area contributed by atoms with Gasteiger partial charge in [0.15, 0.2) is 0 Å². The molecule has 0 saturated carbocycles. The highest BCUT2D eigenvalue weighted by Crippen LogP contribution is 2.18. The Hall–Kier alpha value is -9.96. The van der Waals surface area contributed by atoms with E-state index in [1.54, 1.807) is 60.7 Å². The molecule has 0 aliphatic heterocycles. The number of aromatic hydroxyl groups is 1. The van der Waals surface area contributed by atoms with Gasteiger partial charge in [0.25, 0.3) is 0 Å². The van der Waals surface area contributed by atoms with Crippen LogP contribution in [0.2, 0.25) is 0 Å². The monoisotopic (exact) mass is 1520 g/mol. The molecule has 0 radical (unpaired) electrons. The van der Waals surface area contributed by atoms with Crippen molar-refractivity contribution in [3.05, 3.63) is 102 Å². The number of unbranched alkanes of at least 4 members (excludes halogenated alkanes) is 21. The van der Waals surface area contributed by atoms with Crippen LogP contribution in [0.5, 0.6) is 5.75 Å². The lowest BCUT2D eigenvalue weighted by Gasteiger charge is -2.27. The second-order valence-electron chi connectivity index (χ2n) is 27.8. The van der Waals surface area contributed by atoms with Gasteiger partial charge >= 0.3 is 23.9 Å². The molecule has 3 aromatic carbocycles. The fourth-order valence-corrected chi connectivity index (χ4v) is 12.2. The smallest absolute Gasteiger partial charge is 0.322 e. The van der Waals surface area contributed by atoms with Gasteiger partial charge in [0, 0.05) is 57.9 Å². The number of hydrogen-bond acceptors (Lipinski definition) is 15. The van der Waals surface area contributed by atoms with Crippen molar-refractivity contribution in [3.63, 3.8) is 0 Å². The van der Waals surface area contributed by atoms with Crippen molar-refractivity contribution in [3.8, 4) is 5.75 Å². The number of nitrogens with one attached hydrogen (secondary N) is 10. The zero-order valence-corrected chi connectivity index (χ0v) is 63.7. The Morgan fingerprint density at radius 1 is 0.275 bits per heavy atom. The van der Waals surface area contributed by atoms with Gasteiger partial charge in [-0.2, -0.15) is 0 Å². The third kappa shape index (κ3) is 44.2. The molecule has 0 heterocycles. The minimum Gasteiger partial charge on any atom is -0.508 e.